The number of nitrogens with zero attached hydrogens (tertiary/aromatic N) is 2. The Morgan fingerprint density at radius 1 is 1.33 bits per heavy atom. The monoisotopic (exact) mass is 306 g/mol. The van der Waals surface area contributed by atoms with E-state index in [0.717, 1.165) is 37.9 Å². The fourth-order valence-corrected chi connectivity index (χ4v) is 2.84. The van der Waals surface area contributed by atoms with E-state index in [4.69, 9.17) is 17.4 Å². The van der Waals surface area contributed by atoms with Crippen LogP contribution in [0.1, 0.15) is 43.5 Å². The van der Waals surface area contributed by atoms with Gasteiger partial charge in [-0.2, -0.15) is 5.10 Å². The Balaban J connectivity index is 1.98. The number of rotatable bonds is 8. The van der Waals surface area contributed by atoms with E-state index in [0.29, 0.717) is 5.02 Å². The molecule has 0 aliphatic rings. The molecule has 0 fully saturated rings. The predicted octanol–water partition coefficient (Wildman–Crippen LogP) is 3.47. The molecule has 1 aromatic carbocycles. The number of halogens is 1. The lowest BCUT2D eigenvalue weighted by molar-refractivity contribution is 0.447. The molecule has 2 rings (SSSR count). The van der Waals surface area contributed by atoms with Crippen molar-refractivity contribution in [2.75, 3.05) is 0 Å². The van der Waals surface area contributed by atoms with Gasteiger partial charge in [0.2, 0.25) is 0 Å². The summed E-state index contributed by atoms with van der Waals surface area (Å²) in [6.45, 7) is 2.98. The molecule has 5 heteroatoms. The third-order valence-electron chi connectivity index (χ3n) is 3.60. The van der Waals surface area contributed by atoms with Gasteiger partial charge in [-0.3, -0.25) is 16.0 Å². The van der Waals surface area contributed by atoms with Crippen molar-refractivity contribution in [3.8, 4) is 0 Å². The molecule has 0 bridgehead atoms. The number of aryl methyl sites for hydroxylation is 2. The van der Waals surface area contributed by atoms with Crippen LogP contribution in [0.15, 0.2) is 36.5 Å². The van der Waals surface area contributed by atoms with Crippen LogP contribution in [-0.4, -0.2) is 9.78 Å². The maximum absolute atomic E-state index is 6.27. The normalized spacial score (nSPS) is 12.5. The number of benzene rings is 1. The number of hydrazine groups is 1. The van der Waals surface area contributed by atoms with Crippen LogP contribution in [-0.2, 0) is 13.0 Å². The topological polar surface area (TPSA) is 55.9 Å². The maximum atomic E-state index is 6.27. The fraction of sp³-hybridized carbons (Fsp3) is 0.438. The van der Waals surface area contributed by atoms with Crippen LogP contribution < -0.4 is 11.3 Å². The van der Waals surface area contributed by atoms with Crippen molar-refractivity contribution < 1.29 is 0 Å². The van der Waals surface area contributed by atoms with Crippen molar-refractivity contribution in [3.63, 3.8) is 0 Å². The molecule has 3 N–H and O–H groups in total. The zero-order valence-corrected chi connectivity index (χ0v) is 13.2. The first-order valence-electron chi connectivity index (χ1n) is 7.47. The predicted molar refractivity (Wildman–Crippen MR) is 87.0 cm³/mol. The van der Waals surface area contributed by atoms with E-state index in [1.807, 2.05) is 10.7 Å². The molecule has 0 aliphatic heterocycles. The number of aromatic nitrogens is 2. The smallest absolute Gasteiger partial charge is 0.0834 e. The summed E-state index contributed by atoms with van der Waals surface area (Å²) in [4.78, 5) is 0. The summed E-state index contributed by atoms with van der Waals surface area (Å²) < 4.78 is 1.95. The molecule has 1 atom stereocenters. The van der Waals surface area contributed by atoms with Crippen molar-refractivity contribution in [2.24, 2.45) is 5.84 Å². The quantitative estimate of drug-likeness (QED) is 0.580. The fourth-order valence-electron chi connectivity index (χ4n) is 2.56. The van der Waals surface area contributed by atoms with Gasteiger partial charge in [-0.15, -0.1) is 0 Å². The third-order valence-corrected chi connectivity index (χ3v) is 3.89. The second-order valence-electron chi connectivity index (χ2n) is 5.20. The van der Waals surface area contributed by atoms with Gasteiger partial charge in [-0.1, -0.05) is 48.9 Å². The summed E-state index contributed by atoms with van der Waals surface area (Å²) in [5.41, 5.74) is 5.23. The molecule has 1 unspecified atom stereocenters. The van der Waals surface area contributed by atoms with Crippen molar-refractivity contribution >= 4 is 11.6 Å². The minimum absolute atomic E-state index is 0.0373. The molecule has 0 spiro atoms. The van der Waals surface area contributed by atoms with Gasteiger partial charge in [0.25, 0.3) is 0 Å². The van der Waals surface area contributed by atoms with Gasteiger partial charge in [-0.25, -0.2) is 0 Å². The average Bonchev–Trinajstić information content (AvgIpc) is 2.86. The van der Waals surface area contributed by atoms with E-state index in [1.54, 1.807) is 6.20 Å². The number of hydrogen-bond donors (Lipinski definition) is 2. The van der Waals surface area contributed by atoms with Gasteiger partial charge < -0.3 is 0 Å². The van der Waals surface area contributed by atoms with Crippen LogP contribution in [0.3, 0.4) is 0 Å². The molecule has 21 heavy (non-hydrogen) atoms. The maximum Gasteiger partial charge on any atom is 0.0834 e. The Hall–Kier alpha value is -1.36. The molecule has 0 saturated heterocycles. The molecule has 1 heterocycles. The SMILES string of the molecule is CCCn1ncc(Cl)c1C(CCCc1ccccc1)NN. The van der Waals surface area contributed by atoms with Crippen LogP contribution >= 0.6 is 11.6 Å². The molecule has 0 aliphatic carbocycles. The van der Waals surface area contributed by atoms with Crippen molar-refractivity contribution in [1.29, 1.82) is 0 Å². The second-order valence-corrected chi connectivity index (χ2v) is 5.61. The largest absolute Gasteiger partial charge is 0.271 e. The lowest BCUT2D eigenvalue weighted by atomic mass is 10.0. The summed E-state index contributed by atoms with van der Waals surface area (Å²) in [7, 11) is 0. The summed E-state index contributed by atoms with van der Waals surface area (Å²) in [6, 6.07) is 10.5. The Bertz CT molecular complexity index is 538. The third kappa shape index (κ3) is 4.30. The highest BCUT2D eigenvalue weighted by Gasteiger charge is 2.18. The van der Waals surface area contributed by atoms with E-state index in [9.17, 15) is 0 Å². The van der Waals surface area contributed by atoms with Gasteiger partial charge >= 0.3 is 0 Å². The standard InChI is InChI=1S/C16H23ClN4/c1-2-11-21-16(14(17)12-19-21)15(20-18)10-6-9-13-7-4-3-5-8-13/h3-5,7-8,12,15,20H,2,6,9-11,18H2,1H3. The van der Waals surface area contributed by atoms with Gasteiger partial charge in [0.05, 0.1) is 23.0 Å². The van der Waals surface area contributed by atoms with E-state index in [1.165, 1.54) is 5.56 Å². The Morgan fingerprint density at radius 2 is 2.10 bits per heavy atom. The Labute approximate surface area is 131 Å². The van der Waals surface area contributed by atoms with Crippen molar-refractivity contribution in [1.82, 2.24) is 15.2 Å². The van der Waals surface area contributed by atoms with Crippen LogP contribution in [0.5, 0.6) is 0 Å². The second kappa shape index (κ2) is 8.17. The number of nitrogens with two attached hydrogens (primary N) is 1. The van der Waals surface area contributed by atoms with Crippen LogP contribution in [0.4, 0.5) is 0 Å². The van der Waals surface area contributed by atoms with E-state index in [2.05, 4.69) is 41.7 Å². The lowest BCUT2D eigenvalue weighted by Gasteiger charge is -2.18. The first-order chi connectivity index (χ1) is 10.3. The van der Waals surface area contributed by atoms with Crippen molar-refractivity contribution in [2.45, 2.75) is 45.2 Å². The van der Waals surface area contributed by atoms with E-state index < -0.39 is 0 Å². The van der Waals surface area contributed by atoms with Crippen LogP contribution in [0.25, 0.3) is 0 Å². The molecule has 0 amide bonds. The van der Waals surface area contributed by atoms with Gasteiger partial charge in [0.1, 0.15) is 0 Å². The first kappa shape index (κ1) is 16.0. The number of nitrogens with one attached hydrogen (secondary N) is 1. The molecular formula is C16H23ClN4. The van der Waals surface area contributed by atoms with Crippen molar-refractivity contribution in [3.05, 3.63) is 52.8 Å². The molecule has 1 aromatic heterocycles. The highest BCUT2D eigenvalue weighted by molar-refractivity contribution is 6.31. The summed E-state index contributed by atoms with van der Waals surface area (Å²) >= 11 is 6.27. The first-order valence-corrected chi connectivity index (χ1v) is 7.85. The molecule has 0 radical (unpaired) electrons. The molecule has 4 nitrogen and oxygen atoms in total. The number of hydrogen-bond acceptors (Lipinski definition) is 3. The average molecular weight is 307 g/mol. The Kier molecular flexibility index (Phi) is 6.23. The highest BCUT2D eigenvalue weighted by atomic mass is 35.5. The minimum atomic E-state index is 0.0373. The van der Waals surface area contributed by atoms with Gasteiger partial charge in [0, 0.05) is 6.54 Å². The van der Waals surface area contributed by atoms with E-state index >= 15 is 0 Å². The summed E-state index contributed by atoms with van der Waals surface area (Å²) in [6.07, 6.45) is 5.74. The van der Waals surface area contributed by atoms with Crippen LogP contribution in [0, 0.1) is 0 Å². The van der Waals surface area contributed by atoms with E-state index in [-0.39, 0.29) is 6.04 Å². The molecule has 2 aromatic rings. The minimum Gasteiger partial charge on any atom is -0.271 e. The molecular weight excluding hydrogens is 284 g/mol. The lowest BCUT2D eigenvalue weighted by Crippen LogP contribution is -2.30. The van der Waals surface area contributed by atoms with Gasteiger partial charge in [-0.05, 0) is 31.2 Å². The molecule has 0 saturated carbocycles. The summed E-state index contributed by atoms with van der Waals surface area (Å²) in [5.74, 6) is 5.73. The van der Waals surface area contributed by atoms with Crippen LogP contribution in [0.2, 0.25) is 5.02 Å². The van der Waals surface area contributed by atoms with Gasteiger partial charge in [0.15, 0.2) is 0 Å². The molecule has 114 valence electrons. The zero-order valence-electron chi connectivity index (χ0n) is 12.4. The zero-order chi connectivity index (χ0) is 15.1. The summed E-state index contributed by atoms with van der Waals surface area (Å²) in [5, 5.41) is 5.02. The highest BCUT2D eigenvalue weighted by Crippen LogP contribution is 2.26. The Morgan fingerprint density at radius 3 is 2.76 bits per heavy atom.